The Labute approximate surface area is 99.8 Å². The lowest BCUT2D eigenvalue weighted by Gasteiger charge is -2.06. The molecule has 0 atom stereocenters. The molecule has 94 valence electrons. The predicted octanol–water partition coefficient (Wildman–Crippen LogP) is 1.00. The first kappa shape index (κ1) is 13.5. The van der Waals surface area contributed by atoms with Gasteiger partial charge in [0.2, 0.25) is 0 Å². The van der Waals surface area contributed by atoms with Gasteiger partial charge < -0.3 is 10.6 Å². The van der Waals surface area contributed by atoms with Crippen LogP contribution in [-0.4, -0.2) is 31.3 Å². The van der Waals surface area contributed by atoms with Crippen LogP contribution in [0, 0.1) is 6.92 Å². The number of nitrogens with one attached hydrogen (secondary N) is 2. The molecule has 0 aliphatic heterocycles. The van der Waals surface area contributed by atoms with Gasteiger partial charge in [0.1, 0.15) is 0 Å². The first-order valence-corrected chi connectivity index (χ1v) is 6.54. The van der Waals surface area contributed by atoms with Gasteiger partial charge >= 0.3 is 6.03 Å². The van der Waals surface area contributed by atoms with Crippen LogP contribution < -0.4 is 10.6 Å². The summed E-state index contributed by atoms with van der Waals surface area (Å²) < 4.78 is 29.2. The SMILES string of the molecule is Cc1ccc(NC(=O)NCCS(=O)(=O)O)cc1. The average Bonchev–Trinajstić information content (AvgIpc) is 2.19. The van der Waals surface area contributed by atoms with Crippen molar-refractivity contribution in [1.29, 1.82) is 0 Å². The topological polar surface area (TPSA) is 95.5 Å². The number of carbonyl (C=O) groups is 1. The maximum Gasteiger partial charge on any atom is 0.319 e. The van der Waals surface area contributed by atoms with Crippen molar-refractivity contribution in [3.8, 4) is 0 Å². The van der Waals surface area contributed by atoms with E-state index in [1.807, 2.05) is 19.1 Å². The fourth-order valence-electron chi connectivity index (χ4n) is 1.11. The van der Waals surface area contributed by atoms with Gasteiger partial charge in [-0.05, 0) is 19.1 Å². The van der Waals surface area contributed by atoms with Crippen molar-refractivity contribution in [2.75, 3.05) is 17.6 Å². The van der Waals surface area contributed by atoms with Crippen molar-refractivity contribution in [2.24, 2.45) is 0 Å². The number of anilines is 1. The molecular formula is C10H14N2O4S. The molecule has 7 heteroatoms. The van der Waals surface area contributed by atoms with Crippen LogP contribution in [0.2, 0.25) is 0 Å². The highest BCUT2D eigenvalue weighted by molar-refractivity contribution is 7.85. The summed E-state index contributed by atoms with van der Waals surface area (Å²) in [5.74, 6) is -0.506. The molecule has 0 saturated heterocycles. The third kappa shape index (κ3) is 5.88. The smallest absolute Gasteiger partial charge is 0.319 e. The third-order valence-corrected chi connectivity index (χ3v) is 2.68. The summed E-state index contributed by atoms with van der Waals surface area (Å²) in [5.41, 5.74) is 1.68. The molecular weight excluding hydrogens is 244 g/mol. The molecule has 0 radical (unpaired) electrons. The summed E-state index contributed by atoms with van der Waals surface area (Å²) in [7, 11) is -4.04. The normalized spacial score (nSPS) is 10.9. The largest absolute Gasteiger partial charge is 0.337 e. The average molecular weight is 258 g/mol. The molecule has 1 aromatic rings. The number of amides is 2. The van der Waals surface area contributed by atoms with Crippen LogP contribution in [0.3, 0.4) is 0 Å². The lowest BCUT2D eigenvalue weighted by Crippen LogP contribution is -2.32. The van der Waals surface area contributed by atoms with E-state index in [-0.39, 0.29) is 6.54 Å². The van der Waals surface area contributed by atoms with Crippen LogP contribution in [0.5, 0.6) is 0 Å². The summed E-state index contributed by atoms with van der Waals surface area (Å²) in [5, 5.41) is 4.84. The fourth-order valence-corrected chi connectivity index (χ4v) is 1.47. The van der Waals surface area contributed by atoms with E-state index in [0.29, 0.717) is 5.69 Å². The summed E-state index contributed by atoms with van der Waals surface area (Å²) >= 11 is 0. The minimum atomic E-state index is -4.04. The molecule has 0 aliphatic rings. The summed E-state index contributed by atoms with van der Waals surface area (Å²) in [6.07, 6.45) is 0. The molecule has 17 heavy (non-hydrogen) atoms. The summed E-state index contributed by atoms with van der Waals surface area (Å²) in [6, 6.07) is 6.63. The Morgan fingerprint density at radius 1 is 1.29 bits per heavy atom. The minimum absolute atomic E-state index is 0.142. The van der Waals surface area contributed by atoms with Crippen LogP contribution in [0.4, 0.5) is 10.5 Å². The molecule has 0 fully saturated rings. The van der Waals surface area contributed by atoms with Crippen LogP contribution in [-0.2, 0) is 10.1 Å². The molecule has 6 nitrogen and oxygen atoms in total. The van der Waals surface area contributed by atoms with E-state index in [1.54, 1.807) is 12.1 Å². The van der Waals surface area contributed by atoms with Gasteiger partial charge in [0.15, 0.2) is 0 Å². The highest BCUT2D eigenvalue weighted by Crippen LogP contribution is 2.07. The number of aryl methyl sites for hydroxylation is 1. The molecule has 0 heterocycles. The molecule has 1 rings (SSSR count). The monoisotopic (exact) mass is 258 g/mol. The summed E-state index contributed by atoms with van der Waals surface area (Å²) in [6.45, 7) is 1.78. The van der Waals surface area contributed by atoms with Crippen molar-refractivity contribution < 1.29 is 17.8 Å². The van der Waals surface area contributed by atoms with Gasteiger partial charge in [0.05, 0.1) is 5.75 Å². The number of carbonyl (C=O) groups excluding carboxylic acids is 1. The van der Waals surface area contributed by atoms with Crippen LogP contribution >= 0.6 is 0 Å². The van der Waals surface area contributed by atoms with E-state index in [1.165, 1.54) is 0 Å². The molecule has 2 amide bonds. The van der Waals surface area contributed by atoms with Crippen molar-refractivity contribution >= 4 is 21.8 Å². The Bertz CT molecular complexity index is 482. The number of benzene rings is 1. The molecule has 1 aromatic carbocycles. The number of rotatable bonds is 4. The Balaban J connectivity index is 2.37. The zero-order chi connectivity index (χ0) is 12.9. The van der Waals surface area contributed by atoms with E-state index in [9.17, 15) is 13.2 Å². The predicted molar refractivity (Wildman–Crippen MR) is 64.6 cm³/mol. The lowest BCUT2D eigenvalue weighted by molar-refractivity contribution is 0.252. The second kappa shape index (κ2) is 5.65. The molecule has 0 bridgehead atoms. The van der Waals surface area contributed by atoms with Crippen molar-refractivity contribution in [1.82, 2.24) is 5.32 Å². The Morgan fingerprint density at radius 3 is 2.41 bits per heavy atom. The third-order valence-electron chi connectivity index (χ3n) is 1.96. The standard InChI is InChI=1S/C10H14N2O4S/c1-8-2-4-9(5-3-8)12-10(13)11-6-7-17(14,15)16/h2-5H,6-7H2,1H3,(H2,11,12,13)(H,14,15,16). The van der Waals surface area contributed by atoms with Gasteiger partial charge in [-0.15, -0.1) is 0 Å². The van der Waals surface area contributed by atoms with Crippen LogP contribution in [0.15, 0.2) is 24.3 Å². The van der Waals surface area contributed by atoms with Gasteiger partial charge in [0, 0.05) is 12.2 Å². The molecule has 0 aliphatic carbocycles. The number of hydrogen-bond donors (Lipinski definition) is 3. The van der Waals surface area contributed by atoms with Crippen LogP contribution in [0.1, 0.15) is 5.56 Å². The Morgan fingerprint density at radius 2 is 1.88 bits per heavy atom. The molecule has 0 unspecified atom stereocenters. The van der Waals surface area contributed by atoms with E-state index in [4.69, 9.17) is 4.55 Å². The molecule has 3 N–H and O–H groups in total. The Hall–Kier alpha value is -1.60. The maximum atomic E-state index is 11.3. The second-order valence-electron chi connectivity index (χ2n) is 3.53. The zero-order valence-electron chi connectivity index (χ0n) is 9.30. The van der Waals surface area contributed by atoms with Crippen molar-refractivity contribution in [2.45, 2.75) is 6.92 Å². The van der Waals surface area contributed by atoms with Gasteiger partial charge in [-0.25, -0.2) is 4.79 Å². The zero-order valence-corrected chi connectivity index (χ0v) is 10.1. The minimum Gasteiger partial charge on any atom is -0.337 e. The van der Waals surface area contributed by atoms with Gasteiger partial charge in [-0.2, -0.15) is 8.42 Å². The van der Waals surface area contributed by atoms with Gasteiger partial charge in [0.25, 0.3) is 10.1 Å². The number of hydrogen-bond acceptors (Lipinski definition) is 3. The van der Waals surface area contributed by atoms with Gasteiger partial charge in [-0.3, -0.25) is 4.55 Å². The molecule has 0 spiro atoms. The van der Waals surface area contributed by atoms with Crippen molar-refractivity contribution in [3.05, 3.63) is 29.8 Å². The Kier molecular flexibility index (Phi) is 4.47. The molecule has 0 saturated carbocycles. The highest BCUT2D eigenvalue weighted by Gasteiger charge is 2.06. The maximum absolute atomic E-state index is 11.3. The first-order valence-electron chi connectivity index (χ1n) is 4.93. The first-order chi connectivity index (χ1) is 7.87. The lowest BCUT2D eigenvalue weighted by atomic mass is 10.2. The van der Waals surface area contributed by atoms with E-state index in [2.05, 4.69) is 10.6 Å². The molecule has 0 aromatic heterocycles. The van der Waals surface area contributed by atoms with Crippen LogP contribution in [0.25, 0.3) is 0 Å². The quantitative estimate of drug-likeness (QED) is 0.702. The summed E-state index contributed by atoms with van der Waals surface area (Å²) in [4.78, 5) is 11.3. The second-order valence-corrected chi connectivity index (χ2v) is 5.11. The fraction of sp³-hybridized carbons (Fsp3) is 0.300. The van der Waals surface area contributed by atoms with E-state index >= 15 is 0 Å². The van der Waals surface area contributed by atoms with Gasteiger partial charge in [-0.1, -0.05) is 17.7 Å². The highest BCUT2D eigenvalue weighted by atomic mass is 32.2. The van der Waals surface area contributed by atoms with E-state index < -0.39 is 21.9 Å². The van der Waals surface area contributed by atoms with E-state index in [0.717, 1.165) is 5.56 Å². The number of urea groups is 1. The van der Waals surface area contributed by atoms with Crippen molar-refractivity contribution in [3.63, 3.8) is 0 Å².